The van der Waals surface area contributed by atoms with Crippen LogP contribution in [0.3, 0.4) is 0 Å². The molecule has 172 valence electrons. The first kappa shape index (κ1) is 20.6. The molecule has 3 heterocycles. The molecule has 2 saturated heterocycles. The summed E-state index contributed by atoms with van der Waals surface area (Å²) in [6.45, 7) is 5.75. The molecule has 0 aromatic carbocycles. The molecule has 3 aliphatic carbocycles. The van der Waals surface area contributed by atoms with Crippen molar-refractivity contribution in [2.24, 2.45) is 17.3 Å². The zero-order valence-electron chi connectivity index (χ0n) is 18.0. The van der Waals surface area contributed by atoms with Crippen molar-refractivity contribution in [1.82, 2.24) is 0 Å². The highest BCUT2D eigenvalue weighted by Crippen LogP contribution is 2.80. The molecule has 9 atom stereocenters. The van der Waals surface area contributed by atoms with Crippen LogP contribution in [0.2, 0.25) is 0 Å². The van der Waals surface area contributed by atoms with E-state index >= 15 is 0 Å². The number of hydrogen-bond donors (Lipinski definition) is 2. The predicted octanol–water partition coefficient (Wildman–Crippen LogP) is 0.0414. The fourth-order valence-electron chi connectivity index (χ4n) is 7.58. The Morgan fingerprint density at radius 2 is 1.97 bits per heavy atom. The van der Waals surface area contributed by atoms with Crippen molar-refractivity contribution in [2.45, 2.75) is 81.3 Å². The fraction of sp³-hybridized carbons (Fsp3) is 0.857. The molecule has 0 radical (unpaired) electrons. The second-order valence-corrected chi connectivity index (χ2v) is 12.2. The quantitative estimate of drug-likeness (QED) is 0.343. The van der Waals surface area contributed by atoms with Crippen molar-refractivity contribution in [1.29, 1.82) is 0 Å². The van der Waals surface area contributed by atoms with Gasteiger partial charge in [-0.05, 0) is 36.7 Å². The molecule has 31 heavy (non-hydrogen) atoms. The minimum absolute atomic E-state index is 0.0512. The molecule has 0 aromatic rings. The van der Waals surface area contributed by atoms with Gasteiger partial charge in [-0.2, -0.15) is 8.42 Å². The number of fused-ring (bicyclic) bond motifs is 2. The maximum Gasteiger partial charge on any atom is 0.334 e. The van der Waals surface area contributed by atoms with Crippen LogP contribution in [0, 0.1) is 17.3 Å². The van der Waals surface area contributed by atoms with Gasteiger partial charge in [0, 0.05) is 11.0 Å². The Labute approximate surface area is 180 Å². The summed E-state index contributed by atoms with van der Waals surface area (Å²) in [5, 5.41) is 23.2. The summed E-state index contributed by atoms with van der Waals surface area (Å²) in [7, 11) is -3.94. The molecule has 4 fully saturated rings. The molecule has 3 aliphatic heterocycles. The maximum atomic E-state index is 12.2. The van der Waals surface area contributed by atoms with E-state index in [0.29, 0.717) is 19.3 Å². The first-order valence-electron chi connectivity index (χ1n) is 10.9. The number of ether oxygens (including phenoxy) is 3. The summed E-state index contributed by atoms with van der Waals surface area (Å²) < 4.78 is 47.5. The van der Waals surface area contributed by atoms with Crippen molar-refractivity contribution in [3.63, 3.8) is 0 Å². The molecule has 0 aromatic heterocycles. The third-order valence-electron chi connectivity index (χ3n) is 9.15. The molecule has 9 nitrogen and oxygen atoms in total. The lowest BCUT2D eigenvalue weighted by Gasteiger charge is -2.57. The smallest absolute Gasteiger partial charge is 0.334 e. The zero-order valence-corrected chi connectivity index (χ0v) is 18.8. The van der Waals surface area contributed by atoms with E-state index < -0.39 is 56.6 Å². The Morgan fingerprint density at radius 3 is 2.61 bits per heavy atom. The number of hydrogen-bond acceptors (Lipinski definition) is 9. The van der Waals surface area contributed by atoms with Crippen LogP contribution in [0.25, 0.3) is 0 Å². The van der Waals surface area contributed by atoms with Gasteiger partial charge in [-0.3, -0.25) is 4.18 Å². The first-order chi connectivity index (χ1) is 14.3. The second kappa shape index (κ2) is 5.53. The van der Waals surface area contributed by atoms with Gasteiger partial charge in [0.1, 0.15) is 36.1 Å². The first-order valence-corrected chi connectivity index (χ1v) is 12.7. The van der Waals surface area contributed by atoms with E-state index in [1.165, 1.54) is 0 Å². The third-order valence-corrected chi connectivity index (χ3v) is 9.71. The summed E-state index contributed by atoms with van der Waals surface area (Å²) in [5.74, 6) is -0.833. The lowest BCUT2D eigenvalue weighted by atomic mass is 9.45. The maximum absolute atomic E-state index is 12.2. The van der Waals surface area contributed by atoms with Crippen molar-refractivity contribution < 1.29 is 41.8 Å². The molecule has 2 spiro atoms. The Bertz CT molecular complexity index is 1040. The second-order valence-electron chi connectivity index (χ2n) is 10.6. The Kier molecular flexibility index (Phi) is 3.67. The van der Waals surface area contributed by atoms with Gasteiger partial charge in [0.2, 0.25) is 0 Å². The van der Waals surface area contributed by atoms with Crippen LogP contribution in [0.4, 0.5) is 0 Å². The molecular weight excluding hydrogens is 428 g/mol. The van der Waals surface area contributed by atoms with Gasteiger partial charge >= 0.3 is 5.97 Å². The molecular formula is C21H28O9S. The normalized spacial score (nSPS) is 54.4. The van der Waals surface area contributed by atoms with Gasteiger partial charge in [-0.25, -0.2) is 4.79 Å². The number of carbonyl (C=O) groups is 1. The standard InChI is InChI=1S/C21H28O9S/c1-9(2)19(24)14(30-31(4,25)26)15-21(29-15)18(3)6-5-10-11(8-27-16(10)22)12(18)7-13-20(21,28-13)17(19)23/h9,12-15,17,23-24H,5-8H2,1-4H3/t12-,13-,14+,15-,17+,18-,19-,20+,21+/m0/s1. The van der Waals surface area contributed by atoms with Crippen molar-refractivity contribution in [2.75, 3.05) is 12.9 Å². The third kappa shape index (κ3) is 2.07. The Hall–Kier alpha value is -1.04. The largest absolute Gasteiger partial charge is 0.458 e. The summed E-state index contributed by atoms with van der Waals surface area (Å²) in [4.78, 5) is 12.2. The van der Waals surface area contributed by atoms with E-state index in [0.717, 1.165) is 17.4 Å². The van der Waals surface area contributed by atoms with E-state index in [9.17, 15) is 23.4 Å². The molecule has 6 aliphatic rings. The fourth-order valence-corrected chi connectivity index (χ4v) is 8.22. The molecule has 10 heteroatoms. The molecule has 2 saturated carbocycles. The minimum atomic E-state index is -3.94. The van der Waals surface area contributed by atoms with E-state index in [1.54, 1.807) is 13.8 Å². The van der Waals surface area contributed by atoms with Crippen LogP contribution >= 0.6 is 0 Å². The van der Waals surface area contributed by atoms with Gasteiger partial charge in [0.25, 0.3) is 10.1 Å². The Balaban J connectivity index is 1.50. The zero-order chi connectivity index (χ0) is 22.4. The van der Waals surface area contributed by atoms with Gasteiger partial charge in [0.05, 0.1) is 12.4 Å². The van der Waals surface area contributed by atoms with Crippen molar-refractivity contribution in [3.8, 4) is 0 Å². The van der Waals surface area contributed by atoms with Gasteiger partial charge in [-0.1, -0.05) is 20.8 Å². The topological polar surface area (TPSA) is 135 Å². The number of epoxide rings is 2. The highest BCUT2D eigenvalue weighted by atomic mass is 32.2. The van der Waals surface area contributed by atoms with Crippen LogP contribution in [-0.4, -0.2) is 78.7 Å². The number of aliphatic hydroxyl groups excluding tert-OH is 1. The summed E-state index contributed by atoms with van der Waals surface area (Å²) in [6, 6.07) is 0. The summed E-state index contributed by atoms with van der Waals surface area (Å²) in [5.41, 5.74) is -2.84. The number of cyclic esters (lactones) is 1. The van der Waals surface area contributed by atoms with Crippen molar-refractivity contribution >= 4 is 16.1 Å². The average Bonchev–Trinajstić information content (AvgIpc) is 3.55. The molecule has 0 unspecified atom stereocenters. The molecule has 0 bridgehead atoms. The van der Waals surface area contributed by atoms with E-state index in [2.05, 4.69) is 6.92 Å². The van der Waals surface area contributed by atoms with Crippen LogP contribution in [0.15, 0.2) is 11.1 Å². The van der Waals surface area contributed by atoms with Crippen LogP contribution in [0.5, 0.6) is 0 Å². The molecule has 0 amide bonds. The monoisotopic (exact) mass is 456 g/mol. The van der Waals surface area contributed by atoms with Crippen LogP contribution < -0.4 is 0 Å². The van der Waals surface area contributed by atoms with Gasteiger partial charge in [-0.15, -0.1) is 0 Å². The number of rotatable bonds is 3. The van der Waals surface area contributed by atoms with Crippen LogP contribution in [-0.2, 0) is 33.3 Å². The lowest BCUT2D eigenvalue weighted by Crippen LogP contribution is -2.76. The Morgan fingerprint density at radius 1 is 1.26 bits per heavy atom. The SMILES string of the molecule is CC(C)[C@]1(O)[C@H](OS(C)(=O)=O)[C@@H]2O[C@]23[C@]2(O[C@H]2C[C@H]2C4=C(CC[C@@]23C)C(=O)OC4)[C@@H]1O. The van der Waals surface area contributed by atoms with E-state index in [1.807, 2.05) is 0 Å². The van der Waals surface area contributed by atoms with Gasteiger partial charge in [0.15, 0.2) is 5.60 Å². The van der Waals surface area contributed by atoms with E-state index in [4.69, 9.17) is 18.4 Å². The number of esters is 1. The summed E-state index contributed by atoms with van der Waals surface area (Å²) >= 11 is 0. The summed E-state index contributed by atoms with van der Waals surface area (Å²) in [6.07, 6.45) is -1.10. The van der Waals surface area contributed by atoms with E-state index in [-0.39, 0.29) is 24.6 Å². The molecule has 6 rings (SSSR count). The average molecular weight is 457 g/mol. The lowest BCUT2D eigenvalue weighted by molar-refractivity contribution is -0.216. The van der Waals surface area contributed by atoms with Crippen LogP contribution in [0.1, 0.15) is 40.0 Å². The van der Waals surface area contributed by atoms with Crippen molar-refractivity contribution in [3.05, 3.63) is 11.1 Å². The highest BCUT2D eigenvalue weighted by Gasteiger charge is 2.97. The number of aliphatic hydroxyl groups is 2. The molecule has 2 N–H and O–H groups in total. The minimum Gasteiger partial charge on any atom is -0.458 e. The number of carbonyl (C=O) groups excluding carboxylic acids is 1. The van der Waals surface area contributed by atoms with Gasteiger partial charge < -0.3 is 24.4 Å². The highest BCUT2D eigenvalue weighted by molar-refractivity contribution is 7.86. The predicted molar refractivity (Wildman–Crippen MR) is 104 cm³/mol.